The van der Waals surface area contributed by atoms with Crippen LogP contribution in [0.1, 0.15) is 6.42 Å². The van der Waals surface area contributed by atoms with Crippen LogP contribution in [-0.2, 0) is 0 Å². The maximum atomic E-state index is 3.43. The van der Waals surface area contributed by atoms with Gasteiger partial charge in [0.15, 0.2) is 0 Å². The highest BCUT2D eigenvalue weighted by Gasteiger charge is 1.92. The van der Waals surface area contributed by atoms with Crippen LogP contribution in [-0.4, -0.2) is 65.4 Å². The van der Waals surface area contributed by atoms with Gasteiger partial charge in [-0.25, -0.2) is 0 Å². The minimum atomic E-state index is 1.06. The van der Waals surface area contributed by atoms with Crippen LogP contribution in [0.15, 0.2) is 0 Å². The topological polar surface area (TPSA) is 60.1 Å². The van der Waals surface area contributed by atoms with E-state index in [1.165, 1.54) is 6.42 Å². The van der Waals surface area contributed by atoms with Crippen molar-refractivity contribution in [1.29, 1.82) is 0 Å². The van der Waals surface area contributed by atoms with Crippen molar-refractivity contribution in [3.63, 3.8) is 0 Å². The first-order valence-corrected chi connectivity index (χ1v) is 6.54. The van der Waals surface area contributed by atoms with Gasteiger partial charge in [-0.3, -0.25) is 0 Å². The van der Waals surface area contributed by atoms with Crippen molar-refractivity contribution >= 4 is 0 Å². The van der Waals surface area contributed by atoms with Gasteiger partial charge in [0.25, 0.3) is 0 Å². The summed E-state index contributed by atoms with van der Waals surface area (Å²) in [4.78, 5) is 0. The maximum Gasteiger partial charge on any atom is 0.00772 e. The van der Waals surface area contributed by atoms with E-state index in [1.807, 2.05) is 0 Å². The molecule has 96 valence electrons. The van der Waals surface area contributed by atoms with Crippen molar-refractivity contribution in [1.82, 2.24) is 26.6 Å². The second kappa shape index (κ2) is 11.3. The highest BCUT2D eigenvalue weighted by molar-refractivity contribution is 4.59. The first-order valence-electron chi connectivity index (χ1n) is 6.54. The molecular weight excluding hydrogens is 202 g/mol. The Bertz CT molecular complexity index is 78.3. The Kier molecular flexibility index (Phi) is 9.78. The molecule has 0 aromatic heterocycles. The normalized spacial score (nSPS) is 24.0. The zero-order chi connectivity index (χ0) is 11.3. The first-order chi connectivity index (χ1) is 8.00. The molecule has 0 spiro atoms. The minimum Gasteiger partial charge on any atom is -0.315 e. The van der Waals surface area contributed by atoms with Gasteiger partial charge in [0.05, 0.1) is 0 Å². The number of hydrogen-bond donors (Lipinski definition) is 5. The predicted molar refractivity (Wildman–Crippen MR) is 69.0 cm³/mol. The van der Waals surface area contributed by atoms with Crippen molar-refractivity contribution in [2.75, 3.05) is 65.4 Å². The average molecular weight is 229 g/mol. The molecule has 5 N–H and O–H groups in total. The molecule has 0 bridgehead atoms. The van der Waals surface area contributed by atoms with Crippen molar-refractivity contribution in [3.05, 3.63) is 0 Å². The van der Waals surface area contributed by atoms with Gasteiger partial charge in [0.2, 0.25) is 0 Å². The van der Waals surface area contributed by atoms with Gasteiger partial charge in [0.1, 0.15) is 0 Å². The van der Waals surface area contributed by atoms with E-state index >= 15 is 0 Å². The van der Waals surface area contributed by atoms with Crippen LogP contribution < -0.4 is 26.6 Å². The minimum absolute atomic E-state index is 1.06. The van der Waals surface area contributed by atoms with Crippen LogP contribution in [0.25, 0.3) is 0 Å². The lowest BCUT2D eigenvalue weighted by Gasteiger charge is -2.10. The fourth-order valence-corrected chi connectivity index (χ4v) is 1.67. The Hall–Kier alpha value is -0.200. The molecule has 16 heavy (non-hydrogen) atoms. The number of hydrogen-bond acceptors (Lipinski definition) is 5. The molecule has 0 radical (unpaired) electrons. The van der Waals surface area contributed by atoms with Gasteiger partial charge < -0.3 is 26.6 Å². The largest absolute Gasteiger partial charge is 0.315 e. The third kappa shape index (κ3) is 9.06. The molecule has 0 aliphatic carbocycles. The summed E-state index contributed by atoms with van der Waals surface area (Å²) in [6.07, 6.45) is 1.21. The van der Waals surface area contributed by atoms with Gasteiger partial charge in [-0.05, 0) is 19.5 Å². The Morgan fingerprint density at radius 1 is 0.312 bits per heavy atom. The standard InChI is InChI=1S/C11H27N5/c1-2-12-4-6-14-8-10-16-11-9-15-7-5-13-3-1/h12-16H,1-11H2. The third-order valence-corrected chi connectivity index (χ3v) is 2.62. The van der Waals surface area contributed by atoms with E-state index in [0.717, 1.165) is 65.4 Å². The van der Waals surface area contributed by atoms with Crippen LogP contribution >= 0.6 is 0 Å². The zero-order valence-electron chi connectivity index (χ0n) is 10.3. The van der Waals surface area contributed by atoms with E-state index in [4.69, 9.17) is 0 Å². The Morgan fingerprint density at radius 3 is 0.875 bits per heavy atom. The molecule has 1 heterocycles. The summed E-state index contributed by atoms with van der Waals surface area (Å²) in [6, 6.07) is 0. The maximum absolute atomic E-state index is 3.43. The number of rotatable bonds is 0. The molecule has 0 unspecified atom stereocenters. The fraction of sp³-hybridized carbons (Fsp3) is 1.00. The number of nitrogens with one attached hydrogen (secondary N) is 5. The first kappa shape index (κ1) is 13.9. The molecule has 1 saturated heterocycles. The average Bonchev–Trinajstić information content (AvgIpc) is 2.29. The van der Waals surface area contributed by atoms with Crippen LogP contribution in [0, 0.1) is 0 Å². The van der Waals surface area contributed by atoms with Gasteiger partial charge in [-0.2, -0.15) is 0 Å². The molecule has 1 fully saturated rings. The summed E-state index contributed by atoms with van der Waals surface area (Å²) >= 11 is 0. The van der Waals surface area contributed by atoms with E-state index in [9.17, 15) is 0 Å². The van der Waals surface area contributed by atoms with Crippen molar-refractivity contribution in [2.45, 2.75) is 6.42 Å². The summed E-state index contributed by atoms with van der Waals surface area (Å²) in [5.41, 5.74) is 0. The second-order valence-electron chi connectivity index (χ2n) is 4.10. The molecule has 0 atom stereocenters. The van der Waals surface area contributed by atoms with E-state index in [-0.39, 0.29) is 0 Å². The van der Waals surface area contributed by atoms with Gasteiger partial charge in [-0.1, -0.05) is 0 Å². The quantitative estimate of drug-likeness (QED) is 0.344. The summed E-state index contributed by atoms with van der Waals surface area (Å²) in [6.45, 7) is 10.7. The summed E-state index contributed by atoms with van der Waals surface area (Å²) < 4.78 is 0. The smallest absolute Gasteiger partial charge is 0.00772 e. The van der Waals surface area contributed by atoms with Gasteiger partial charge in [0, 0.05) is 52.4 Å². The van der Waals surface area contributed by atoms with Crippen molar-refractivity contribution in [2.24, 2.45) is 0 Å². The Balaban J connectivity index is 2.00. The third-order valence-electron chi connectivity index (χ3n) is 2.62. The molecule has 0 aromatic carbocycles. The molecule has 1 aliphatic rings. The van der Waals surface area contributed by atoms with Crippen molar-refractivity contribution in [3.8, 4) is 0 Å². The molecule has 5 nitrogen and oxygen atoms in total. The molecule has 1 aliphatic heterocycles. The summed E-state index contributed by atoms with van der Waals surface area (Å²) in [5, 5.41) is 17.1. The Morgan fingerprint density at radius 2 is 0.562 bits per heavy atom. The van der Waals surface area contributed by atoms with Gasteiger partial charge in [-0.15, -0.1) is 0 Å². The summed E-state index contributed by atoms with van der Waals surface area (Å²) in [7, 11) is 0. The van der Waals surface area contributed by atoms with Crippen LogP contribution in [0.4, 0.5) is 0 Å². The zero-order valence-corrected chi connectivity index (χ0v) is 10.3. The van der Waals surface area contributed by atoms with Crippen LogP contribution in [0.2, 0.25) is 0 Å². The molecule has 1 rings (SSSR count). The van der Waals surface area contributed by atoms with E-state index in [1.54, 1.807) is 0 Å². The Labute approximate surface area is 99.1 Å². The van der Waals surface area contributed by atoms with Crippen LogP contribution in [0.5, 0.6) is 0 Å². The lowest BCUT2D eigenvalue weighted by molar-refractivity contribution is 0.533. The van der Waals surface area contributed by atoms with Crippen molar-refractivity contribution < 1.29 is 0 Å². The molecule has 0 aromatic rings. The summed E-state index contributed by atoms with van der Waals surface area (Å²) in [5.74, 6) is 0. The molecule has 0 amide bonds. The lowest BCUT2D eigenvalue weighted by atomic mass is 10.4. The molecule has 0 saturated carbocycles. The molecular formula is C11H27N5. The van der Waals surface area contributed by atoms with E-state index in [2.05, 4.69) is 26.6 Å². The predicted octanol–water partition coefficient (Wildman–Crippen LogP) is -1.66. The van der Waals surface area contributed by atoms with E-state index in [0.29, 0.717) is 0 Å². The van der Waals surface area contributed by atoms with Crippen LogP contribution in [0.3, 0.4) is 0 Å². The monoisotopic (exact) mass is 229 g/mol. The van der Waals surface area contributed by atoms with Gasteiger partial charge >= 0.3 is 0 Å². The lowest BCUT2D eigenvalue weighted by Crippen LogP contribution is -2.37. The highest BCUT2D eigenvalue weighted by atomic mass is 15.0. The second-order valence-corrected chi connectivity index (χ2v) is 4.10. The highest BCUT2D eigenvalue weighted by Crippen LogP contribution is 1.73. The SMILES string of the molecule is C1CNCCNCCNCCNCCNC1. The molecule has 5 heteroatoms. The van der Waals surface area contributed by atoms with E-state index < -0.39 is 0 Å². The fourth-order valence-electron chi connectivity index (χ4n) is 1.67.